The fourth-order valence-electron chi connectivity index (χ4n) is 8.47. The third-order valence-corrected chi connectivity index (χ3v) is 10.9. The van der Waals surface area contributed by atoms with Crippen molar-refractivity contribution in [3.8, 4) is 22.5 Å². The minimum Gasteiger partial charge on any atom is -0.456 e. The molecule has 6 heteroatoms. The summed E-state index contributed by atoms with van der Waals surface area (Å²) in [6.45, 7) is 0. The number of hydrogen-bond donors (Lipinski definition) is 1. The van der Waals surface area contributed by atoms with Crippen LogP contribution in [0.4, 0.5) is 5.69 Å². The van der Waals surface area contributed by atoms with E-state index in [1.54, 1.807) is 0 Å². The van der Waals surface area contributed by atoms with E-state index in [4.69, 9.17) is 13.8 Å². The Morgan fingerprint density at radius 1 is 0.418 bits per heavy atom. The molecule has 0 aliphatic carbocycles. The second-order valence-electron chi connectivity index (χ2n) is 14.1. The van der Waals surface area contributed by atoms with Gasteiger partial charge >= 0.3 is 0 Å². The molecule has 0 spiro atoms. The van der Waals surface area contributed by atoms with E-state index in [1.807, 2.05) is 48.5 Å². The van der Waals surface area contributed by atoms with Crippen molar-refractivity contribution in [1.82, 2.24) is 14.1 Å². The second-order valence-corrected chi connectivity index (χ2v) is 14.1. The number of H-pyrrole nitrogens is 1. The van der Waals surface area contributed by atoms with E-state index in [1.165, 1.54) is 21.8 Å². The lowest BCUT2D eigenvalue weighted by Crippen LogP contribution is -2.16. The molecule has 0 bridgehead atoms. The van der Waals surface area contributed by atoms with Crippen molar-refractivity contribution in [2.45, 2.75) is 0 Å². The number of benzene rings is 8. The summed E-state index contributed by atoms with van der Waals surface area (Å²) in [5.41, 5.74) is 13.7. The van der Waals surface area contributed by atoms with Crippen LogP contribution in [-0.4, -0.2) is 14.1 Å². The van der Waals surface area contributed by atoms with Crippen molar-refractivity contribution in [2.75, 3.05) is 0 Å². The van der Waals surface area contributed by atoms with E-state index in [2.05, 4.69) is 142 Å². The molecule has 0 fully saturated rings. The smallest absolute Gasteiger partial charge is 0.213 e. The van der Waals surface area contributed by atoms with Crippen LogP contribution < -0.4 is 5.62 Å². The predicted molar refractivity (Wildman–Crippen MR) is 224 cm³/mol. The first-order valence-corrected chi connectivity index (χ1v) is 18.5. The van der Waals surface area contributed by atoms with Crippen LogP contribution in [0.1, 0.15) is 0 Å². The van der Waals surface area contributed by atoms with Gasteiger partial charge in [-0.05, 0) is 102 Å². The van der Waals surface area contributed by atoms with Gasteiger partial charge in [-0.3, -0.25) is 4.57 Å². The first-order chi connectivity index (χ1) is 27.2. The Balaban J connectivity index is 1.04. The van der Waals surface area contributed by atoms with E-state index in [0.29, 0.717) is 0 Å². The lowest BCUT2D eigenvalue weighted by Gasteiger charge is -2.08. The van der Waals surface area contributed by atoms with Gasteiger partial charge in [-0.15, -0.1) is 0 Å². The number of rotatable bonds is 4. The zero-order valence-electron chi connectivity index (χ0n) is 29.4. The number of para-hydroxylation sites is 5. The number of nitrogens with one attached hydrogen (secondary N) is 1. The molecule has 8 aromatic carbocycles. The maximum Gasteiger partial charge on any atom is 0.213 e. The van der Waals surface area contributed by atoms with Gasteiger partial charge in [0.15, 0.2) is 0 Å². The molecule has 258 valence electrons. The highest BCUT2D eigenvalue weighted by atomic mass is 16.3. The van der Waals surface area contributed by atoms with Crippen molar-refractivity contribution < 1.29 is 8.83 Å². The number of hydrogen-bond acceptors (Lipinski definition) is 3. The van der Waals surface area contributed by atoms with Gasteiger partial charge in [-0.1, -0.05) is 84.9 Å². The molecule has 1 N–H and O–H groups in total. The maximum absolute atomic E-state index is 6.51. The molecule has 4 aromatic heterocycles. The Hall–Kier alpha value is -7.57. The summed E-state index contributed by atoms with van der Waals surface area (Å²) >= 11 is 0. The Bertz CT molecular complexity index is 3500. The third-order valence-electron chi connectivity index (χ3n) is 10.9. The Morgan fingerprint density at radius 2 is 1.02 bits per heavy atom. The Kier molecular flexibility index (Phi) is 6.24. The highest BCUT2D eigenvalue weighted by molar-refractivity contribution is 6.13. The van der Waals surface area contributed by atoms with Gasteiger partial charge in [-0.2, -0.15) is 0 Å². The number of imidazole rings is 1. The molecule has 6 nitrogen and oxygen atoms in total. The summed E-state index contributed by atoms with van der Waals surface area (Å²) in [7, 11) is 0. The van der Waals surface area contributed by atoms with Crippen molar-refractivity contribution in [3.05, 3.63) is 182 Å². The topological polar surface area (TPSA) is 64.3 Å². The summed E-state index contributed by atoms with van der Waals surface area (Å²) in [6, 6.07) is 61.3. The van der Waals surface area contributed by atoms with Crippen LogP contribution in [0.5, 0.6) is 0 Å². The summed E-state index contributed by atoms with van der Waals surface area (Å²) in [5, 5.41) is 6.72. The van der Waals surface area contributed by atoms with Crippen LogP contribution in [-0.2, 0) is 0 Å². The molecular weight excluding hydrogens is 677 g/mol. The van der Waals surface area contributed by atoms with Crippen molar-refractivity contribution in [1.29, 1.82) is 0 Å². The Morgan fingerprint density at radius 3 is 1.78 bits per heavy atom. The SMILES string of the molecule is c1ccc(N=c2[nH]c3ccccc3n2-c2cccc3oc4ccc(-c5ccc6oc7ccc(-n8c9ccccc9c9ccccc98)cc7c6c5)cc4c23)cc1. The van der Waals surface area contributed by atoms with Gasteiger partial charge < -0.3 is 18.4 Å². The molecule has 0 amide bonds. The molecule has 0 aliphatic rings. The van der Waals surface area contributed by atoms with Crippen LogP contribution in [0, 0.1) is 0 Å². The number of aromatic amines is 1. The fourth-order valence-corrected chi connectivity index (χ4v) is 8.47. The van der Waals surface area contributed by atoms with E-state index >= 15 is 0 Å². The monoisotopic (exact) mass is 706 g/mol. The van der Waals surface area contributed by atoms with Crippen molar-refractivity contribution in [3.63, 3.8) is 0 Å². The standard InChI is InChI=1S/C49H30N4O2/c1-2-11-32(12-3-1)50-49-51-39-15-6-9-18-42(39)53(49)43-19-10-20-47-48(43)38-28-31(22-25-46(38)55-47)30-21-24-44-36(27-30)37-29-33(23-26-45(37)54-44)52-40-16-7-4-13-34(40)35-14-5-8-17-41(35)52/h1-29H,(H,50,51). The van der Waals surface area contributed by atoms with Crippen LogP contribution in [0.2, 0.25) is 0 Å². The van der Waals surface area contributed by atoms with E-state index < -0.39 is 0 Å². The first kappa shape index (κ1) is 29.9. The molecule has 55 heavy (non-hydrogen) atoms. The number of aromatic nitrogens is 3. The van der Waals surface area contributed by atoms with Crippen LogP contribution in [0.15, 0.2) is 190 Å². The lowest BCUT2D eigenvalue weighted by atomic mass is 10.00. The lowest BCUT2D eigenvalue weighted by molar-refractivity contribution is 0.668. The largest absolute Gasteiger partial charge is 0.456 e. The molecule has 0 radical (unpaired) electrons. The van der Waals surface area contributed by atoms with Gasteiger partial charge in [-0.25, -0.2) is 4.99 Å². The predicted octanol–water partition coefficient (Wildman–Crippen LogP) is 12.8. The minimum absolute atomic E-state index is 0.739. The van der Waals surface area contributed by atoms with Crippen LogP contribution in [0.3, 0.4) is 0 Å². The van der Waals surface area contributed by atoms with Gasteiger partial charge in [0.1, 0.15) is 22.3 Å². The zero-order chi connectivity index (χ0) is 36.0. The van der Waals surface area contributed by atoms with E-state index in [0.717, 1.165) is 88.7 Å². The molecular formula is C49H30N4O2. The molecule has 4 heterocycles. The van der Waals surface area contributed by atoms with Gasteiger partial charge in [0.2, 0.25) is 5.62 Å². The maximum atomic E-state index is 6.51. The molecule has 12 rings (SSSR count). The average molecular weight is 707 g/mol. The first-order valence-electron chi connectivity index (χ1n) is 18.5. The molecule has 0 unspecified atom stereocenters. The van der Waals surface area contributed by atoms with Gasteiger partial charge in [0, 0.05) is 32.6 Å². The number of fused-ring (bicyclic) bond motifs is 10. The molecule has 0 atom stereocenters. The second kappa shape index (κ2) is 11.5. The highest BCUT2D eigenvalue weighted by Crippen LogP contribution is 2.39. The van der Waals surface area contributed by atoms with Crippen LogP contribution >= 0.6 is 0 Å². The van der Waals surface area contributed by atoms with E-state index in [9.17, 15) is 0 Å². The van der Waals surface area contributed by atoms with Crippen LogP contribution in [0.25, 0.3) is 99.2 Å². The highest BCUT2D eigenvalue weighted by Gasteiger charge is 2.18. The van der Waals surface area contributed by atoms with Gasteiger partial charge in [0.05, 0.1) is 38.8 Å². The summed E-state index contributed by atoms with van der Waals surface area (Å²) in [4.78, 5) is 8.63. The summed E-state index contributed by atoms with van der Waals surface area (Å²) in [6.07, 6.45) is 0. The fraction of sp³-hybridized carbons (Fsp3) is 0. The average Bonchev–Trinajstić information content (AvgIpc) is 3.99. The molecule has 12 aromatic rings. The summed E-state index contributed by atoms with van der Waals surface area (Å²) in [5.74, 6) is 0. The molecule has 0 saturated carbocycles. The normalized spacial score (nSPS) is 12.5. The number of nitrogens with zero attached hydrogens (tertiary/aromatic N) is 3. The Labute approximate surface area is 313 Å². The zero-order valence-corrected chi connectivity index (χ0v) is 29.4. The van der Waals surface area contributed by atoms with Gasteiger partial charge in [0.25, 0.3) is 0 Å². The number of furan rings is 2. The van der Waals surface area contributed by atoms with Crippen molar-refractivity contribution in [2.24, 2.45) is 4.99 Å². The van der Waals surface area contributed by atoms with Crippen molar-refractivity contribution >= 4 is 82.4 Å². The molecule has 0 aliphatic heterocycles. The third kappa shape index (κ3) is 4.52. The molecule has 0 saturated heterocycles. The van der Waals surface area contributed by atoms with E-state index in [-0.39, 0.29) is 0 Å². The quantitative estimate of drug-likeness (QED) is 0.198. The minimum atomic E-state index is 0.739. The summed E-state index contributed by atoms with van der Waals surface area (Å²) < 4.78 is 17.5.